The van der Waals surface area contributed by atoms with Crippen LogP contribution in [0.4, 0.5) is 0 Å². The molecule has 96 valence electrons. The summed E-state index contributed by atoms with van der Waals surface area (Å²) in [5.74, 6) is -1.17. The summed E-state index contributed by atoms with van der Waals surface area (Å²) < 4.78 is 26.0. The normalized spacial score (nSPS) is 12.6. The summed E-state index contributed by atoms with van der Waals surface area (Å²) in [5.41, 5.74) is -0.996. The Bertz CT molecular complexity index is 517. The van der Waals surface area contributed by atoms with E-state index in [0.29, 0.717) is 0 Å². The second-order valence-electron chi connectivity index (χ2n) is 4.10. The molecule has 0 atom stereocenters. The number of rotatable bonds is 5. The fraction of sp³-hybridized carbons (Fsp3) is 0.444. The van der Waals surface area contributed by atoms with Crippen LogP contribution in [0.25, 0.3) is 0 Å². The second-order valence-corrected chi connectivity index (χ2v) is 6.69. The highest BCUT2D eigenvalue weighted by Gasteiger charge is 2.26. The summed E-state index contributed by atoms with van der Waals surface area (Å²) in [5, 5.41) is 18.9. The van der Waals surface area contributed by atoms with E-state index in [1.807, 2.05) is 0 Å². The fourth-order valence-electron chi connectivity index (χ4n) is 1.03. The van der Waals surface area contributed by atoms with Crippen LogP contribution in [0, 0.1) is 0 Å². The molecule has 0 aromatic carbocycles. The number of hydrogen-bond acceptors (Lipinski definition) is 5. The Hall–Kier alpha value is -0.960. The summed E-state index contributed by atoms with van der Waals surface area (Å²) in [6.45, 7) is 2.69. The average molecular weight is 279 g/mol. The van der Waals surface area contributed by atoms with Crippen molar-refractivity contribution in [1.29, 1.82) is 0 Å². The molecule has 0 unspecified atom stereocenters. The van der Waals surface area contributed by atoms with E-state index in [0.717, 1.165) is 17.4 Å². The van der Waals surface area contributed by atoms with Gasteiger partial charge in [0.1, 0.15) is 4.88 Å². The van der Waals surface area contributed by atoms with Crippen LogP contribution < -0.4 is 4.72 Å². The standard InChI is InChI=1S/C9H13NO5S2/c1-9(2,5-11)10-17(14,15)6-3-7(8(12)13)16-4-6/h3-4,10-11H,5H2,1-2H3,(H,12,13). The van der Waals surface area contributed by atoms with E-state index in [4.69, 9.17) is 10.2 Å². The van der Waals surface area contributed by atoms with E-state index >= 15 is 0 Å². The van der Waals surface area contributed by atoms with E-state index < -0.39 is 21.5 Å². The number of hydrogen-bond donors (Lipinski definition) is 3. The zero-order valence-electron chi connectivity index (χ0n) is 9.30. The Balaban J connectivity index is 3.02. The molecular weight excluding hydrogens is 266 g/mol. The van der Waals surface area contributed by atoms with Crippen molar-refractivity contribution in [2.45, 2.75) is 24.3 Å². The van der Waals surface area contributed by atoms with Gasteiger partial charge in [-0.15, -0.1) is 11.3 Å². The Kier molecular flexibility index (Phi) is 3.92. The third-order valence-electron chi connectivity index (χ3n) is 1.90. The minimum atomic E-state index is -3.81. The first-order valence-electron chi connectivity index (χ1n) is 4.64. The van der Waals surface area contributed by atoms with Crippen LogP contribution in [0.5, 0.6) is 0 Å². The quantitative estimate of drug-likeness (QED) is 0.728. The molecule has 6 nitrogen and oxygen atoms in total. The zero-order valence-corrected chi connectivity index (χ0v) is 10.9. The summed E-state index contributed by atoms with van der Waals surface area (Å²) in [4.78, 5) is 10.5. The van der Waals surface area contributed by atoms with Crippen LogP contribution >= 0.6 is 11.3 Å². The van der Waals surface area contributed by atoms with E-state index in [1.165, 1.54) is 19.2 Å². The molecule has 1 aromatic rings. The zero-order chi connectivity index (χ0) is 13.3. The molecule has 1 heterocycles. The number of aliphatic hydroxyl groups is 1. The number of aromatic carboxylic acids is 1. The molecule has 0 saturated heterocycles. The van der Waals surface area contributed by atoms with Crippen LogP contribution in [0.15, 0.2) is 16.3 Å². The summed E-state index contributed by atoms with van der Waals surface area (Å²) in [6.07, 6.45) is 0. The minimum absolute atomic E-state index is 0.0489. The summed E-state index contributed by atoms with van der Waals surface area (Å²) in [6, 6.07) is 1.09. The molecule has 0 amide bonds. The maximum Gasteiger partial charge on any atom is 0.345 e. The molecule has 0 radical (unpaired) electrons. The van der Waals surface area contributed by atoms with Crippen molar-refractivity contribution in [3.05, 3.63) is 16.3 Å². The van der Waals surface area contributed by atoms with E-state index in [1.54, 1.807) is 0 Å². The van der Waals surface area contributed by atoms with Gasteiger partial charge in [0, 0.05) is 5.38 Å². The molecular formula is C9H13NO5S2. The van der Waals surface area contributed by atoms with Crippen LogP contribution in [-0.2, 0) is 10.0 Å². The van der Waals surface area contributed by atoms with Crippen LogP contribution in [0.1, 0.15) is 23.5 Å². The van der Waals surface area contributed by atoms with Crippen LogP contribution in [0.2, 0.25) is 0 Å². The highest BCUT2D eigenvalue weighted by Crippen LogP contribution is 2.20. The van der Waals surface area contributed by atoms with Gasteiger partial charge in [-0.3, -0.25) is 0 Å². The number of carbonyl (C=O) groups is 1. The SMILES string of the molecule is CC(C)(CO)NS(=O)(=O)c1csc(C(=O)O)c1. The van der Waals surface area contributed by atoms with E-state index in [9.17, 15) is 13.2 Å². The maximum absolute atomic E-state index is 11.8. The lowest BCUT2D eigenvalue weighted by Crippen LogP contribution is -2.45. The molecule has 0 fully saturated rings. The number of aliphatic hydroxyl groups excluding tert-OH is 1. The maximum atomic E-state index is 11.8. The minimum Gasteiger partial charge on any atom is -0.477 e. The van der Waals surface area contributed by atoms with Gasteiger partial charge in [-0.2, -0.15) is 0 Å². The van der Waals surface area contributed by atoms with Crippen LogP contribution in [0.3, 0.4) is 0 Å². The summed E-state index contributed by atoms with van der Waals surface area (Å²) >= 11 is 0.837. The molecule has 0 aliphatic heterocycles. The lowest BCUT2D eigenvalue weighted by atomic mass is 10.1. The van der Waals surface area contributed by atoms with Crippen molar-refractivity contribution in [2.75, 3.05) is 6.61 Å². The van der Waals surface area contributed by atoms with Crippen molar-refractivity contribution in [2.24, 2.45) is 0 Å². The Morgan fingerprint density at radius 3 is 2.53 bits per heavy atom. The first-order chi connectivity index (χ1) is 7.68. The second kappa shape index (κ2) is 4.73. The molecule has 1 rings (SSSR count). The third kappa shape index (κ3) is 3.50. The van der Waals surface area contributed by atoms with Gasteiger partial charge in [-0.1, -0.05) is 0 Å². The van der Waals surface area contributed by atoms with Crippen molar-refractivity contribution in [3.63, 3.8) is 0 Å². The van der Waals surface area contributed by atoms with Crippen molar-refractivity contribution in [3.8, 4) is 0 Å². The van der Waals surface area contributed by atoms with Crippen molar-refractivity contribution < 1.29 is 23.4 Å². The molecule has 0 spiro atoms. The Labute approximate surface area is 103 Å². The molecule has 17 heavy (non-hydrogen) atoms. The molecule has 8 heteroatoms. The number of sulfonamides is 1. The van der Waals surface area contributed by atoms with Gasteiger partial charge >= 0.3 is 5.97 Å². The van der Waals surface area contributed by atoms with Gasteiger partial charge in [0.05, 0.1) is 17.0 Å². The van der Waals surface area contributed by atoms with Crippen LogP contribution in [-0.4, -0.2) is 36.7 Å². The lowest BCUT2D eigenvalue weighted by Gasteiger charge is -2.22. The Morgan fingerprint density at radius 1 is 1.53 bits per heavy atom. The van der Waals surface area contributed by atoms with Crippen molar-refractivity contribution in [1.82, 2.24) is 4.72 Å². The van der Waals surface area contributed by atoms with Gasteiger partial charge in [-0.05, 0) is 19.9 Å². The number of carboxylic acids is 1. The molecule has 0 aliphatic carbocycles. The first-order valence-corrected chi connectivity index (χ1v) is 7.01. The van der Waals surface area contributed by atoms with E-state index in [-0.39, 0.29) is 16.4 Å². The monoisotopic (exact) mass is 279 g/mol. The Morgan fingerprint density at radius 2 is 2.12 bits per heavy atom. The average Bonchev–Trinajstić information content (AvgIpc) is 2.65. The molecule has 0 saturated carbocycles. The largest absolute Gasteiger partial charge is 0.477 e. The number of nitrogens with one attached hydrogen (secondary N) is 1. The highest BCUT2D eigenvalue weighted by atomic mass is 32.2. The van der Waals surface area contributed by atoms with E-state index in [2.05, 4.69) is 4.72 Å². The molecule has 3 N–H and O–H groups in total. The van der Waals surface area contributed by atoms with Gasteiger partial charge in [-0.25, -0.2) is 17.9 Å². The molecule has 1 aromatic heterocycles. The predicted molar refractivity (Wildman–Crippen MR) is 62.8 cm³/mol. The van der Waals surface area contributed by atoms with Crippen molar-refractivity contribution >= 4 is 27.3 Å². The molecule has 0 aliphatic rings. The fourth-order valence-corrected chi connectivity index (χ4v) is 3.54. The topological polar surface area (TPSA) is 104 Å². The van der Waals surface area contributed by atoms with Gasteiger partial charge in [0.25, 0.3) is 0 Å². The highest BCUT2D eigenvalue weighted by molar-refractivity contribution is 7.89. The lowest BCUT2D eigenvalue weighted by molar-refractivity contribution is 0.0702. The van der Waals surface area contributed by atoms with Gasteiger partial charge < -0.3 is 10.2 Å². The van der Waals surface area contributed by atoms with Gasteiger partial charge in [0.15, 0.2) is 0 Å². The third-order valence-corrected chi connectivity index (χ3v) is 4.65. The number of carboxylic acid groups (broad SMARTS) is 1. The molecule has 0 bridgehead atoms. The predicted octanol–water partition coefficient (Wildman–Crippen LogP) is 0.496. The summed E-state index contributed by atoms with van der Waals surface area (Å²) in [7, 11) is -3.81. The smallest absolute Gasteiger partial charge is 0.345 e. The number of thiophene rings is 1. The first kappa shape index (κ1) is 14.1. The van der Waals surface area contributed by atoms with Gasteiger partial charge in [0.2, 0.25) is 10.0 Å².